The number of thiazole rings is 1. The Morgan fingerprint density at radius 2 is 1.94 bits per heavy atom. The predicted octanol–water partition coefficient (Wildman–Crippen LogP) is 5.56. The molecule has 0 atom stereocenters. The zero-order valence-corrected chi connectivity index (χ0v) is 19.2. The third kappa shape index (κ3) is 4.10. The van der Waals surface area contributed by atoms with Crippen LogP contribution in [0.15, 0.2) is 53.1 Å². The van der Waals surface area contributed by atoms with Crippen molar-refractivity contribution < 1.29 is 9.32 Å². The van der Waals surface area contributed by atoms with Crippen molar-refractivity contribution in [3.8, 4) is 11.3 Å². The van der Waals surface area contributed by atoms with E-state index in [4.69, 9.17) is 21.1 Å². The highest BCUT2D eigenvalue weighted by Crippen LogP contribution is 2.32. The molecule has 1 aliphatic rings. The second-order valence-corrected chi connectivity index (χ2v) is 9.46. The molecule has 1 fully saturated rings. The highest BCUT2D eigenvalue weighted by Gasteiger charge is 2.25. The summed E-state index contributed by atoms with van der Waals surface area (Å²) in [6, 6.07) is 15.6. The molecule has 8 heteroatoms. The van der Waals surface area contributed by atoms with Gasteiger partial charge in [-0.25, -0.2) is 4.98 Å². The topological polar surface area (TPSA) is 71.3 Å². The number of nitrogens with one attached hydrogen (secondary N) is 1. The fourth-order valence-corrected chi connectivity index (χ4v) is 5.37. The molecule has 2 aromatic heterocycles. The second-order valence-electron chi connectivity index (χ2n) is 8.05. The number of piperidine rings is 1. The minimum absolute atomic E-state index is 0.174. The van der Waals surface area contributed by atoms with Gasteiger partial charge in [0.15, 0.2) is 5.13 Å². The largest absolute Gasteiger partial charge is 0.360 e. The molecule has 1 N–H and O–H groups in total. The van der Waals surface area contributed by atoms with Crippen LogP contribution in [0.25, 0.3) is 21.5 Å². The van der Waals surface area contributed by atoms with Gasteiger partial charge in [0.25, 0.3) is 5.91 Å². The highest BCUT2D eigenvalue weighted by atomic mass is 35.5. The van der Waals surface area contributed by atoms with Crippen molar-refractivity contribution in [3.05, 3.63) is 64.9 Å². The van der Waals surface area contributed by atoms with Gasteiger partial charge in [0, 0.05) is 25.2 Å². The number of rotatable bonds is 5. The first-order valence-corrected chi connectivity index (χ1v) is 11.9. The van der Waals surface area contributed by atoms with Crippen molar-refractivity contribution in [2.24, 2.45) is 5.92 Å². The van der Waals surface area contributed by atoms with E-state index >= 15 is 0 Å². The van der Waals surface area contributed by atoms with Crippen LogP contribution in [0.1, 0.15) is 29.0 Å². The number of aryl methyl sites for hydroxylation is 1. The number of hydrogen-bond acceptors (Lipinski definition) is 6. The lowest BCUT2D eigenvalue weighted by molar-refractivity contribution is 0.0944. The van der Waals surface area contributed by atoms with Crippen molar-refractivity contribution >= 4 is 44.2 Å². The van der Waals surface area contributed by atoms with E-state index in [0.29, 0.717) is 40.1 Å². The third-order valence-electron chi connectivity index (χ3n) is 5.94. The standard InChI is InChI=1S/C24H23ClN4O2S/c1-15-21(22(28-31-15)17-6-2-3-7-18(17)25)23(30)26-14-16-10-12-29(13-11-16)24-27-19-8-4-5-9-20(19)32-24/h2-9,16H,10-14H2,1H3,(H,26,30). The summed E-state index contributed by atoms with van der Waals surface area (Å²) in [5.41, 5.74) is 2.68. The maximum atomic E-state index is 13.0. The normalized spacial score (nSPS) is 14.8. The number of carbonyl (C=O) groups excluding carboxylic acids is 1. The number of fused-ring (bicyclic) bond motifs is 1. The first-order valence-electron chi connectivity index (χ1n) is 10.7. The Morgan fingerprint density at radius 1 is 1.19 bits per heavy atom. The molecule has 0 spiro atoms. The van der Waals surface area contributed by atoms with Crippen LogP contribution in [0.4, 0.5) is 5.13 Å². The average molecular weight is 467 g/mol. The molecule has 1 amide bonds. The number of carbonyl (C=O) groups is 1. The lowest BCUT2D eigenvalue weighted by atomic mass is 9.97. The van der Waals surface area contributed by atoms with E-state index in [0.717, 1.165) is 36.6 Å². The molecule has 1 saturated heterocycles. The molecule has 5 rings (SSSR count). The first-order chi connectivity index (χ1) is 15.6. The molecular weight excluding hydrogens is 444 g/mol. The molecule has 0 radical (unpaired) electrons. The Bertz CT molecular complexity index is 1230. The number of nitrogens with zero attached hydrogens (tertiary/aromatic N) is 3. The molecule has 0 bridgehead atoms. The SMILES string of the molecule is Cc1onc(-c2ccccc2Cl)c1C(=O)NCC1CCN(c2nc3ccccc3s2)CC1. The van der Waals surface area contributed by atoms with E-state index in [1.165, 1.54) is 4.70 Å². The number of anilines is 1. The number of amides is 1. The molecule has 4 aromatic rings. The maximum Gasteiger partial charge on any atom is 0.257 e. The van der Waals surface area contributed by atoms with E-state index in [2.05, 4.69) is 27.5 Å². The molecule has 6 nitrogen and oxygen atoms in total. The second kappa shape index (κ2) is 8.92. The summed E-state index contributed by atoms with van der Waals surface area (Å²) >= 11 is 8.05. The summed E-state index contributed by atoms with van der Waals surface area (Å²) in [6.45, 7) is 4.26. The summed E-state index contributed by atoms with van der Waals surface area (Å²) in [5.74, 6) is 0.740. The van der Waals surface area contributed by atoms with E-state index in [1.807, 2.05) is 30.3 Å². The molecule has 2 aromatic carbocycles. The van der Waals surface area contributed by atoms with Crippen LogP contribution >= 0.6 is 22.9 Å². The Hall–Kier alpha value is -2.90. The average Bonchev–Trinajstić information content (AvgIpc) is 3.42. The summed E-state index contributed by atoms with van der Waals surface area (Å²) in [5, 5.41) is 8.80. The van der Waals surface area contributed by atoms with Gasteiger partial charge in [-0.1, -0.05) is 58.4 Å². The Balaban J connectivity index is 1.21. The van der Waals surface area contributed by atoms with Gasteiger partial charge in [-0.2, -0.15) is 0 Å². The highest BCUT2D eigenvalue weighted by molar-refractivity contribution is 7.22. The fraction of sp³-hybridized carbons (Fsp3) is 0.292. The predicted molar refractivity (Wildman–Crippen MR) is 129 cm³/mol. The minimum Gasteiger partial charge on any atom is -0.360 e. The van der Waals surface area contributed by atoms with Crippen LogP contribution in [0.5, 0.6) is 0 Å². The van der Waals surface area contributed by atoms with Gasteiger partial charge in [0.1, 0.15) is 17.0 Å². The quantitative estimate of drug-likeness (QED) is 0.417. The molecule has 164 valence electrons. The fourth-order valence-electron chi connectivity index (χ4n) is 4.13. The molecule has 0 aliphatic carbocycles. The number of aromatic nitrogens is 2. The lowest BCUT2D eigenvalue weighted by Crippen LogP contribution is -2.38. The molecular formula is C24H23ClN4O2S. The van der Waals surface area contributed by atoms with Crippen molar-refractivity contribution in [1.82, 2.24) is 15.5 Å². The van der Waals surface area contributed by atoms with Gasteiger partial charge in [0.05, 0.1) is 15.2 Å². The number of benzene rings is 2. The maximum absolute atomic E-state index is 13.0. The number of halogens is 1. The van der Waals surface area contributed by atoms with Gasteiger partial charge < -0.3 is 14.7 Å². The minimum atomic E-state index is -0.174. The third-order valence-corrected chi connectivity index (χ3v) is 7.36. The summed E-state index contributed by atoms with van der Waals surface area (Å²) in [4.78, 5) is 20.1. The molecule has 0 saturated carbocycles. The van der Waals surface area contributed by atoms with Crippen LogP contribution in [0, 0.1) is 12.8 Å². The molecule has 1 aliphatic heterocycles. The Kier molecular flexibility index (Phi) is 5.85. The number of para-hydroxylation sites is 1. The first kappa shape index (κ1) is 21.0. The van der Waals surface area contributed by atoms with E-state index < -0.39 is 0 Å². The molecule has 3 heterocycles. The number of hydrogen-bond donors (Lipinski definition) is 1. The van der Waals surface area contributed by atoms with Gasteiger partial charge in [-0.3, -0.25) is 4.79 Å². The van der Waals surface area contributed by atoms with E-state index in [9.17, 15) is 4.79 Å². The van der Waals surface area contributed by atoms with Crippen molar-refractivity contribution in [3.63, 3.8) is 0 Å². The summed E-state index contributed by atoms with van der Waals surface area (Å²) in [7, 11) is 0. The molecule has 32 heavy (non-hydrogen) atoms. The van der Waals surface area contributed by atoms with Crippen molar-refractivity contribution in [1.29, 1.82) is 0 Å². The zero-order valence-electron chi connectivity index (χ0n) is 17.7. The summed E-state index contributed by atoms with van der Waals surface area (Å²) in [6.07, 6.45) is 2.02. The van der Waals surface area contributed by atoms with Gasteiger partial charge in [-0.15, -0.1) is 0 Å². The monoisotopic (exact) mass is 466 g/mol. The summed E-state index contributed by atoms with van der Waals surface area (Å²) < 4.78 is 6.54. The van der Waals surface area contributed by atoms with Crippen LogP contribution in [0.3, 0.4) is 0 Å². The van der Waals surface area contributed by atoms with Crippen LogP contribution in [-0.2, 0) is 0 Å². The van der Waals surface area contributed by atoms with Crippen LogP contribution < -0.4 is 10.2 Å². The van der Waals surface area contributed by atoms with E-state index in [-0.39, 0.29) is 5.91 Å². The smallest absolute Gasteiger partial charge is 0.257 e. The Morgan fingerprint density at radius 3 is 2.72 bits per heavy atom. The van der Waals surface area contributed by atoms with Gasteiger partial charge >= 0.3 is 0 Å². The Labute approximate surface area is 195 Å². The van der Waals surface area contributed by atoms with Crippen molar-refractivity contribution in [2.45, 2.75) is 19.8 Å². The lowest BCUT2D eigenvalue weighted by Gasteiger charge is -2.31. The van der Waals surface area contributed by atoms with Crippen LogP contribution in [0.2, 0.25) is 5.02 Å². The van der Waals surface area contributed by atoms with Gasteiger partial charge in [0.2, 0.25) is 0 Å². The molecule has 0 unspecified atom stereocenters. The van der Waals surface area contributed by atoms with Crippen LogP contribution in [-0.4, -0.2) is 35.7 Å². The van der Waals surface area contributed by atoms with Crippen molar-refractivity contribution in [2.75, 3.05) is 24.5 Å². The zero-order chi connectivity index (χ0) is 22.1. The van der Waals surface area contributed by atoms with E-state index in [1.54, 1.807) is 24.3 Å². The van der Waals surface area contributed by atoms with Gasteiger partial charge in [-0.05, 0) is 43.9 Å².